The largest absolute Gasteiger partial charge is 0.491 e. The van der Waals surface area contributed by atoms with E-state index in [1.165, 1.54) is 35.4 Å². The Morgan fingerprint density at radius 2 is 1.63 bits per heavy atom. The Kier molecular flexibility index (Phi) is 6.36. The molecule has 2 bridgehead atoms. The van der Waals surface area contributed by atoms with Crippen LogP contribution in [0, 0.1) is 6.92 Å². The lowest BCUT2D eigenvalue weighted by Crippen LogP contribution is -2.28. The SMILES string of the molecule is Cc1cc(C(C)Nc2ccccc2C(=O)OC(=O)C(F)(F)F)c2oc(N3C4CCC3c3ccccc34)cc(=O)c2c1. The molecule has 1 N–H and O–H groups in total. The van der Waals surface area contributed by atoms with Crippen molar-refractivity contribution in [3.05, 3.63) is 105 Å². The molecule has 0 radical (unpaired) electrons. The number of anilines is 2. The molecule has 210 valence electrons. The van der Waals surface area contributed by atoms with E-state index < -0.39 is 24.2 Å². The summed E-state index contributed by atoms with van der Waals surface area (Å²) in [6.45, 7) is 3.62. The molecule has 3 heterocycles. The first kappa shape index (κ1) is 26.6. The van der Waals surface area contributed by atoms with Crippen LogP contribution in [0.2, 0.25) is 0 Å². The minimum Gasteiger partial charge on any atom is -0.440 e. The minimum absolute atomic E-state index is 0.110. The number of carbonyl (C=O) groups excluding carboxylic acids is 2. The zero-order valence-corrected chi connectivity index (χ0v) is 22.1. The van der Waals surface area contributed by atoms with Crippen molar-refractivity contribution in [2.24, 2.45) is 0 Å². The van der Waals surface area contributed by atoms with E-state index in [4.69, 9.17) is 4.42 Å². The highest BCUT2D eigenvalue weighted by Crippen LogP contribution is 2.54. The Labute approximate surface area is 232 Å². The van der Waals surface area contributed by atoms with E-state index in [9.17, 15) is 27.6 Å². The van der Waals surface area contributed by atoms with Gasteiger partial charge in [-0.3, -0.25) is 4.79 Å². The van der Waals surface area contributed by atoms with Gasteiger partial charge in [-0.15, -0.1) is 0 Å². The van der Waals surface area contributed by atoms with E-state index in [0.29, 0.717) is 22.4 Å². The molecule has 1 fully saturated rings. The second kappa shape index (κ2) is 9.79. The molecule has 0 saturated carbocycles. The lowest BCUT2D eigenvalue weighted by Gasteiger charge is -2.24. The third-order valence-electron chi connectivity index (χ3n) is 7.74. The summed E-state index contributed by atoms with van der Waals surface area (Å²) in [5.41, 5.74) is 3.99. The quantitative estimate of drug-likeness (QED) is 0.209. The highest BCUT2D eigenvalue weighted by molar-refractivity contribution is 6.02. The van der Waals surface area contributed by atoms with Crippen molar-refractivity contribution in [2.45, 2.75) is 51.0 Å². The Hall–Kier alpha value is -4.60. The number of esters is 2. The predicted octanol–water partition coefficient (Wildman–Crippen LogP) is 6.92. The van der Waals surface area contributed by atoms with Crippen molar-refractivity contribution in [1.82, 2.24) is 0 Å². The van der Waals surface area contributed by atoms with Crippen LogP contribution in [-0.2, 0) is 9.53 Å². The van der Waals surface area contributed by atoms with Crippen molar-refractivity contribution in [2.75, 3.05) is 10.2 Å². The van der Waals surface area contributed by atoms with Crippen molar-refractivity contribution >= 4 is 34.5 Å². The van der Waals surface area contributed by atoms with Crippen LogP contribution in [0.4, 0.5) is 24.7 Å². The number of para-hydroxylation sites is 1. The summed E-state index contributed by atoms with van der Waals surface area (Å²) in [5, 5.41) is 3.52. The molecular formula is C31H25F3N2O5. The number of carbonyl (C=O) groups is 2. The predicted molar refractivity (Wildman–Crippen MR) is 146 cm³/mol. The maximum absolute atomic E-state index is 13.4. The molecule has 7 nitrogen and oxygen atoms in total. The molecule has 2 aliphatic rings. The summed E-state index contributed by atoms with van der Waals surface area (Å²) < 4.78 is 48.5. The van der Waals surface area contributed by atoms with E-state index in [-0.39, 0.29) is 28.8 Å². The average molecular weight is 563 g/mol. The maximum atomic E-state index is 13.4. The zero-order chi connectivity index (χ0) is 29.1. The number of hydrogen-bond donors (Lipinski definition) is 1. The number of alkyl halides is 3. The first-order valence-corrected chi connectivity index (χ1v) is 13.2. The number of nitrogens with zero attached hydrogens (tertiary/aromatic N) is 1. The lowest BCUT2D eigenvalue weighted by molar-refractivity contribution is -0.193. The van der Waals surface area contributed by atoms with Gasteiger partial charge in [0.05, 0.1) is 29.1 Å². The molecule has 0 aliphatic carbocycles. The number of fused-ring (bicyclic) bond motifs is 6. The second-order valence-corrected chi connectivity index (χ2v) is 10.4. The van der Waals surface area contributed by atoms with Crippen LogP contribution in [0.15, 0.2) is 75.9 Å². The van der Waals surface area contributed by atoms with Crippen LogP contribution >= 0.6 is 0 Å². The smallest absolute Gasteiger partial charge is 0.440 e. The highest BCUT2D eigenvalue weighted by atomic mass is 19.4. The Morgan fingerprint density at radius 1 is 1.00 bits per heavy atom. The summed E-state index contributed by atoms with van der Waals surface area (Å²) in [6.07, 6.45) is -3.41. The molecule has 10 heteroatoms. The maximum Gasteiger partial charge on any atom is 0.491 e. The Balaban J connectivity index is 1.36. The molecule has 6 rings (SSSR count). The van der Waals surface area contributed by atoms with Gasteiger partial charge in [-0.05, 0) is 61.6 Å². The molecule has 0 amide bonds. The molecule has 2 aliphatic heterocycles. The van der Waals surface area contributed by atoms with Gasteiger partial charge in [0.15, 0.2) is 5.43 Å². The molecule has 41 heavy (non-hydrogen) atoms. The molecule has 3 atom stereocenters. The van der Waals surface area contributed by atoms with Crippen molar-refractivity contribution in [3.63, 3.8) is 0 Å². The molecule has 0 spiro atoms. The fourth-order valence-electron chi connectivity index (χ4n) is 6.01. The summed E-state index contributed by atoms with van der Waals surface area (Å²) in [4.78, 5) is 39.3. The lowest BCUT2D eigenvalue weighted by atomic mass is 9.92. The molecule has 4 aromatic rings. The van der Waals surface area contributed by atoms with Gasteiger partial charge < -0.3 is 19.4 Å². The van der Waals surface area contributed by atoms with Crippen LogP contribution in [-0.4, -0.2) is 18.1 Å². The van der Waals surface area contributed by atoms with Gasteiger partial charge in [0.1, 0.15) is 5.58 Å². The van der Waals surface area contributed by atoms with Crippen LogP contribution in [0.25, 0.3) is 11.0 Å². The van der Waals surface area contributed by atoms with Crippen molar-refractivity contribution < 1.29 is 31.9 Å². The van der Waals surface area contributed by atoms with Crippen LogP contribution in [0.3, 0.4) is 0 Å². The molecule has 3 aromatic carbocycles. The van der Waals surface area contributed by atoms with E-state index in [0.717, 1.165) is 18.4 Å². The van der Waals surface area contributed by atoms with E-state index in [1.54, 1.807) is 19.1 Å². The van der Waals surface area contributed by atoms with Crippen molar-refractivity contribution in [1.29, 1.82) is 0 Å². The minimum atomic E-state index is -5.31. The average Bonchev–Trinajstić information content (AvgIpc) is 3.50. The molecule has 3 unspecified atom stereocenters. The van der Waals surface area contributed by atoms with E-state index in [1.807, 2.05) is 25.1 Å². The van der Waals surface area contributed by atoms with Gasteiger partial charge >= 0.3 is 18.1 Å². The summed E-state index contributed by atoms with van der Waals surface area (Å²) in [6, 6.07) is 18.8. The Morgan fingerprint density at radius 3 is 2.29 bits per heavy atom. The monoisotopic (exact) mass is 562 g/mol. The van der Waals surface area contributed by atoms with Gasteiger partial charge in [0.25, 0.3) is 0 Å². The van der Waals surface area contributed by atoms with Gasteiger partial charge in [-0.25, -0.2) is 9.59 Å². The van der Waals surface area contributed by atoms with Crippen molar-refractivity contribution in [3.8, 4) is 0 Å². The summed E-state index contributed by atoms with van der Waals surface area (Å²) in [5.74, 6) is -3.56. The normalized spacial score (nSPS) is 18.3. The number of nitrogens with one attached hydrogen (secondary N) is 1. The number of aryl methyl sites for hydroxylation is 1. The van der Waals surface area contributed by atoms with Gasteiger partial charge in [-0.1, -0.05) is 42.5 Å². The topological polar surface area (TPSA) is 88.8 Å². The fourth-order valence-corrected chi connectivity index (χ4v) is 6.01. The van der Waals surface area contributed by atoms with Crippen LogP contribution in [0.5, 0.6) is 0 Å². The van der Waals surface area contributed by atoms with Crippen LogP contribution < -0.4 is 15.6 Å². The molecule has 1 aromatic heterocycles. The summed E-state index contributed by atoms with van der Waals surface area (Å²) in [7, 11) is 0. The number of ether oxygens (including phenoxy) is 1. The van der Waals surface area contributed by atoms with E-state index >= 15 is 0 Å². The number of hydrogen-bond acceptors (Lipinski definition) is 7. The number of halogens is 3. The number of benzene rings is 3. The van der Waals surface area contributed by atoms with Crippen LogP contribution in [0.1, 0.15) is 70.5 Å². The third-order valence-corrected chi connectivity index (χ3v) is 7.74. The first-order chi connectivity index (χ1) is 19.5. The fraction of sp³-hybridized carbons (Fsp3) is 0.258. The van der Waals surface area contributed by atoms with Gasteiger partial charge in [-0.2, -0.15) is 13.2 Å². The van der Waals surface area contributed by atoms with Gasteiger partial charge in [0, 0.05) is 17.3 Å². The van der Waals surface area contributed by atoms with E-state index in [2.05, 4.69) is 27.1 Å². The molecule has 1 saturated heterocycles. The van der Waals surface area contributed by atoms with Gasteiger partial charge in [0.2, 0.25) is 5.88 Å². The highest BCUT2D eigenvalue weighted by Gasteiger charge is 2.45. The first-order valence-electron chi connectivity index (χ1n) is 13.2. The summed E-state index contributed by atoms with van der Waals surface area (Å²) >= 11 is 0. The third kappa shape index (κ3) is 4.63. The zero-order valence-electron chi connectivity index (χ0n) is 22.1. The number of rotatable bonds is 5. The second-order valence-electron chi connectivity index (χ2n) is 10.4. The standard InChI is InChI=1S/C31H25F3N2O5/c1-16-13-21(17(2)35-23-10-6-5-9-20(23)29(38)41-30(39)31(32,33)34)28-22(14-16)26(37)15-27(40-28)36-24-11-12-25(36)19-8-4-3-7-18(19)24/h3-10,13-15,17,24-25,35H,11-12H2,1-2H3. The molecular weight excluding hydrogens is 537 g/mol. The Bertz CT molecular complexity index is 1730.